The molecule has 4 rings (SSSR count). The molecule has 114 valence electrons. The van der Waals surface area contributed by atoms with Crippen LogP contribution in [0.3, 0.4) is 0 Å². The Hall–Kier alpha value is -1.55. The smallest absolute Gasteiger partial charge is 0.251 e. The molecule has 0 spiro atoms. The quantitative estimate of drug-likeness (QED) is 0.822. The van der Waals surface area contributed by atoms with Crippen LogP contribution >= 0.6 is 0 Å². The molecule has 1 aromatic rings. The maximum atomic E-state index is 12.4. The minimum Gasteiger partial charge on any atom is -0.399 e. The number of anilines is 1. The van der Waals surface area contributed by atoms with Crippen LogP contribution < -0.4 is 11.1 Å². The zero-order valence-electron chi connectivity index (χ0n) is 13.0. The van der Waals surface area contributed by atoms with Crippen LogP contribution in [0.15, 0.2) is 24.3 Å². The monoisotopic (exact) mass is 288 g/mol. The Morgan fingerprint density at radius 3 is 2.52 bits per heavy atom. The molecular weight excluding hydrogens is 264 g/mol. The van der Waals surface area contributed by atoms with Crippen LogP contribution in [-0.2, 0) is 4.74 Å². The van der Waals surface area contributed by atoms with Gasteiger partial charge in [-0.3, -0.25) is 4.79 Å². The molecular formula is C17H24N2O2. The summed E-state index contributed by atoms with van der Waals surface area (Å²) < 4.78 is 6.29. The number of nitrogen functional groups attached to an aromatic ring is 1. The highest BCUT2D eigenvalue weighted by molar-refractivity contribution is 5.94. The molecule has 2 aliphatic heterocycles. The van der Waals surface area contributed by atoms with Crippen LogP contribution in [0.2, 0.25) is 0 Å². The number of fused-ring (bicyclic) bond motifs is 3. The summed E-state index contributed by atoms with van der Waals surface area (Å²) in [4.78, 5) is 12.4. The lowest BCUT2D eigenvalue weighted by molar-refractivity contribution is -0.241. The summed E-state index contributed by atoms with van der Waals surface area (Å²) >= 11 is 0. The lowest BCUT2D eigenvalue weighted by Crippen LogP contribution is -2.65. The summed E-state index contributed by atoms with van der Waals surface area (Å²) in [7, 11) is 0. The minimum atomic E-state index is -0.262. The van der Waals surface area contributed by atoms with Crippen LogP contribution in [0.4, 0.5) is 5.69 Å². The molecule has 1 aliphatic carbocycles. The van der Waals surface area contributed by atoms with Gasteiger partial charge in [-0.05, 0) is 70.2 Å². The molecule has 1 aromatic carbocycles. The molecule has 4 nitrogen and oxygen atoms in total. The molecule has 0 radical (unpaired) electrons. The molecule has 4 heteroatoms. The zero-order chi connectivity index (χ0) is 15.3. The van der Waals surface area contributed by atoms with E-state index in [0.717, 1.165) is 12.8 Å². The van der Waals surface area contributed by atoms with Gasteiger partial charge in [-0.25, -0.2) is 0 Å². The summed E-state index contributed by atoms with van der Waals surface area (Å²) in [5.41, 5.74) is 6.62. The van der Waals surface area contributed by atoms with Gasteiger partial charge in [0, 0.05) is 11.3 Å². The fourth-order valence-corrected chi connectivity index (χ4v) is 3.81. The maximum absolute atomic E-state index is 12.4. The van der Waals surface area contributed by atoms with Crippen molar-refractivity contribution >= 4 is 11.6 Å². The van der Waals surface area contributed by atoms with Crippen molar-refractivity contribution in [1.29, 1.82) is 0 Å². The van der Waals surface area contributed by atoms with Gasteiger partial charge in [0.15, 0.2) is 0 Å². The number of nitrogens with one attached hydrogen (secondary N) is 1. The summed E-state index contributed by atoms with van der Waals surface area (Å²) in [5.74, 6) is 0.464. The number of hydrogen-bond acceptors (Lipinski definition) is 3. The molecule has 0 aromatic heterocycles. The molecule has 1 saturated carbocycles. The molecule has 21 heavy (non-hydrogen) atoms. The van der Waals surface area contributed by atoms with Crippen LogP contribution in [0.25, 0.3) is 0 Å². The van der Waals surface area contributed by atoms with Crippen LogP contribution in [0.5, 0.6) is 0 Å². The lowest BCUT2D eigenvalue weighted by atomic mass is 9.66. The topological polar surface area (TPSA) is 64.3 Å². The Bertz CT molecular complexity index is 552. The van der Waals surface area contributed by atoms with Crippen molar-refractivity contribution in [1.82, 2.24) is 5.32 Å². The number of amides is 1. The Labute approximate surface area is 126 Å². The van der Waals surface area contributed by atoms with E-state index in [-0.39, 0.29) is 23.2 Å². The van der Waals surface area contributed by atoms with E-state index in [1.165, 1.54) is 6.42 Å². The molecule has 3 aliphatic rings. The number of hydrogen-bond donors (Lipinski definition) is 2. The molecule has 2 saturated heterocycles. The number of benzene rings is 1. The van der Waals surface area contributed by atoms with E-state index in [1.807, 2.05) is 0 Å². The third kappa shape index (κ3) is 2.53. The van der Waals surface area contributed by atoms with E-state index in [1.54, 1.807) is 24.3 Å². The van der Waals surface area contributed by atoms with Gasteiger partial charge in [0.1, 0.15) is 0 Å². The largest absolute Gasteiger partial charge is 0.399 e. The molecule has 3 atom stereocenters. The van der Waals surface area contributed by atoms with Crippen LogP contribution in [-0.4, -0.2) is 23.2 Å². The molecule has 2 bridgehead atoms. The Kier molecular flexibility index (Phi) is 3.24. The van der Waals surface area contributed by atoms with Gasteiger partial charge in [-0.2, -0.15) is 0 Å². The SMILES string of the molecule is CC1(C)OC2(C)CCC1CC2NC(=O)c1ccc(N)cc1. The van der Waals surface area contributed by atoms with Crippen molar-refractivity contribution in [2.24, 2.45) is 5.92 Å². The first-order valence-corrected chi connectivity index (χ1v) is 7.67. The van der Waals surface area contributed by atoms with Crippen molar-refractivity contribution in [2.75, 3.05) is 5.73 Å². The summed E-state index contributed by atoms with van der Waals surface area (Å²) in [6, 6.07) is 7.11. The van der Waals surface area contributed by atoms with Gasteiger partial charge in [0.25, 0.3) is 5.91 Å². The van der Waals surface area contributed by atoms with Gasteiger partial charge < -0.3 is 15.8 Å². The summed E-state index contributed by atoms with van der Waals surface area (Å²) in [6.07, 6.45) is 3.18. The van der Waals surface area contributed by atoms with Gasteiger partial charge in [-0.1, -0.05) is 0 Å². The first kappa shape index (κ1) is 14.4. The first-order valence-electron chi connectivity index (χ1n) is 7.67. The molecule has 3 unspecified atom stereocenters. The predicted octanol–water partition coefficient (Wildman–Crippen LogP) is 2.73. The number of rotatable bonds is 2. The number of nitrogens with two attached hydrogens (primary N) is 1. The van der Waals surface area contributed by atoms with Gasteiger partial charge in [-0.15, -0.1) is 0 Å². The number of carbonyl (C=O) groups is 1. The second kappa shape index (κ2) is 4.73. The molecule has 2 heterocycles. The maximum Gasteiger partial charge on any atom is 0.251 e. The highest BCUT2D eigenvalue weighted by Crippen LogP contribution is 2.49. The standard InChI is InChI=1S/C17H24N2O2/c1-16(2)12-8-9-17(3,21-16)14(10-12)19-15(20)11-4-6-13(18)7-5-11/h4-7,12,14H,8-10,18H2,1-3H3,(H,19,20). The van der Waals surface area contributed by atoms with Crippen molar-refractivity contribution in [2.45, 2.75) is 57.3 Å². The Morgan fingerprint density at radius 2 is 1.95 bits per heavy atom. The number of ether oxygens (including phenoxy) is 1. The third-order valence-corrected chi connectivity index (χ3v) is 5.20. The van der Waals surface area contributed by atoms with E-state index in [0.29, 0.717) is 17.2 Å². The summed E-state index contributed by atoms with van der Waals surface area (Å²) in [5, 5.41) is 3.16. The molecule has 3 fully saturated rings. The van der Waals surface area contributed by atoms with Crippen molar-refractivity contribution in [3.8, 4) is 0 Å². The van der Waals surface area contributed by atoms with E-state index in [2.05, 4.69) is 26.1 Å². The van der Waals surface area contributed by atoms with E-state index in [4.69, 9.17) is 10.5 Å². The third-order valence-electron chi connectivity index (χ3n) is 5.20. The highest BCUT2D eigenvalue weighted by atomic mass is 16.5. The second-order valence-electron chi connectivity index (χ2n) is 7.14. The van der Waals surface area contributed by atoms with Gasteiger partial charge >= 0.3 is 0 Å². The van der Waals surface area contributed by atoms with E-state index >= 15 is 0 Å². The van der Waals surface area contributed by atoms with Crippen molar-refractivity contribution in [3.63, 3.8) is 0 Å². The highest BCUT2D eigenvalue weighted by Gasteiger charge is 2.54. The fraction of sp³-hybridized carbons (Fsp3) is 0.588. The van der Waals surface area contributed by atoms with Crippen molar-refractivity contribution in [3.05, 3.63) is 29.8 Å². The van der Waals surface area contributed by atoms with Gasteiger partial charge in [0.2, 0.25) is 0 Å². The fourth-order valence-electron chi connectivity index (χ4n) is 3.81. The molecule has 3 N–H and O–H groups in total. The minimum absolute atomic E-state index is 0.0461. The van der Waals surface area contributed by atoms with E-state index < -0.39 is 0 Å². The zero-order valence-corrected chi connectivity index (χ0v) is 13.0. The van der Waals surface area contributed by atoms with Gasteiger partial charge in [0.05, 0.1) is 17.2 Å². The lowest BCUT2D eigenvalue weighted by Gasteiger charge is -2.57. The van der Waals surface area contributed by atoms with E-state index in [9.17, 15) is 4.79 Å². The second-order valence-corrected chi connectivity index (χ2v) is 7.14. The average Bonchev–Trinajstić information content (AvgIpc) is 2.40. The molecule has 1 amide bonds. The first-order chi connectivity index (χ1) is 9.80. The normalized spacial score (nSPS) is 33.7. The van der Waals surface area contributed by atoms with Crippen molar-refractivity contribution < 1.29 is 9.53 Å². The van der Waals surface area contributed by atoms with Crippen LogP contribution in [0, 0.1) is 5.92 Å². The Balaban J connectivity index is 1.74. The Morgan fingerprint density at radius 1 is 1.29 bits per heavy atom. The van der Waals surface area contributed by atoms with Crippen LogP contribution in [0.1, 0.15) is 50.4 Å². The predicted molar refractivity (Wildman–Crippen MR) is 83.0 cm³/mol. The average molecular weight is 288 g/mol. The number of carbonyl (C=O) groups excluding carboxylic acids is 1. The summed E-state index contributed by atoms with van der Waals surface area (Å²) in [6.45, 7) is 6.44.